The molecule has 0 aromatic heterocycles. The molecule has 3 fully saturated rings. The van der Waals surface area contributed by atoms with Gasteiger partial charge in [0.15, 0.2) is 0 Å². The van der Waals surface area contributed by atoms with Gasteiger partial charge in [-0.15, -0.1) is 0 Å². The summed E-state index contributed by atoms with van der Waals surface area (Å²) in [6.07, 6.45) is 6.51. The summed E-state index contributed by atoms with van der Waals surface area (Å²) < 4.78 is 0.869. The molecule has 4 N–H and O–H groups in total. The second-order valence-corrected chi connectivity index (χ2v) is 10.7. The van der Waals surface area contributed by atoms with Gasteiger partial charge in [-0.1, -0.05) is 24.7 Å². The minimum Gasteiger partial charge on any atom is -0.507 e. The van der Waals surface area contributed by atoms with Gasteiger partial charge in [0, 0.05) is 75.3 Å². The first-order valence-corrected chi connectivity index (χ1v) is 11.3. The molecule has 4 atom stereocenters. The van der Waals surface area contributed by atoms with E-state index in [4.69, 9.17) is 18.0 Å². The van der Waals surface area contributed by atoms with Crippen LogP contribution in [0.15, 0.2) is 12.1 Å². The number of thiocarbonyl (C=S) groups is 1. The van der Waals surface area contributed by atoms with Crippen molar-refractivity contribution >= 4 is 23.0 Å². The number of Topliss-reactive ketones (excluding diaryl/α,β-unsaturated/α-hetero) is 1. The fourth-order valence-electron chi connectivity index (χ4n) is 7.10. The van der Waals surface area contributed by atoms with Crippen LogP contribution in [0.2, 0.25) is 0 Å². The predicted molar refractivity (Wildman–Crippen MR) is 115 cm³/mol. The maximum absolute atomic E-state index is 12.6. The number of benzene rings is 1. The Hall–Kier alpha value is -0.396. The Kier molecular flexibility index (Phi) is 5.76. The zero-order chi connectivity index (χ0) is 20.6. The van der Waals surface area contributed by atoms with Crippen LogP contribution in [0, 0.1) is 5.92 Å². The molecule has 0 amide bonds. The average molecular weight is 504 g/mol. The number of piperidine rings is 1. The predicted octanol–water partition coefficient (Wildman–Crippen LogP) is 2.32. The number of hydrogen-bond donors (Lipinski definition) is 3. The van der Waals surface area contributed by atoms with E-state index in [2.05, 4.69) is 7.05 Å². The van der Waals surface area contributed by atoms with E-state index in [1.165, 1.54) is 19.3 Å². The van der Waals surface area contributed by atoms with Crippen molar-refractivity contribution in [3.63, 3.8) is 0 Å². The third-order valence-corrected chi connectivity index (χ3v) is 9.01. The Morgan fingerprint density at radius 2 is 2.07 bits per heavy atom. The van der Waals surface area contributed by atoms with Gasteiger partial charge in [-0.05, 0) is 30.9 Å². The van der Waals surface area contributed by atoms with Crippen molar-refractivity contribution < 1.29 is 52.2 Å². The summed E-state index contributed by atoms with van der Waals surface area (Å²) >= 11 is 5.15. The van der Waals surface area contributed by atoms with Gasteiger partial charge in [-0.25, -0.2) is 0 Å². The number of phenolic OH excluding ortho intramolecular Hbond substituents is 1. The largest absolute Gasteiger partial charge is 0.507 e. The van der Waals surface area contributed by atoms with Gasteiger partial charge in [0.1, 0.15) is 28.2 Å². The van der Waals surface area contributed by atoms with Gasteiger partial charge in [0.05, 0.1) is 25.7 Å². The van der Waals surface area contributed by atoms with E-state index in [1.807, 2.05) is 6.07 Å². The van der Waals surface area contributed by atoms with E-state index in [0.29, 0.717) is 31.2 Å². The molecule has 5 rings (SSSR count). The number of hydrogen-bond acceptors (Lipinski definition) is 4. The van der Waals surface area contributed by atoms with Gasteiger partial charge < -0.3 is 20.4 Å². The first-order valence-electron chi connectivity index (χ1n) is 10.9. The molecule has 30 heavy (non-hydrogen) atoms. The van der Waals surface area contributed by atoms with Crippen LogP contribution in [0.5, 0.6) is 5.75 Å². The number of carbonyl (C=O) groups excluding carboxylic acids is 1. The molecule has 4 aliphatic rings. The molecule has 1 saturated heterocycles. The molecular formula is C23H31N2O3SY+. The summed E-state index contributed by atoms with van der Waals surface area (Å²) in [5.41, 5.74) is 6.37. The van der Waals surface area contributed by atoms with E-state index < -0.39 is 11.0 Å². The summed E-state index contributed by atoms with van der Waals surface area (Å²) in [5.74, 6) is 1.00. The number of ketones is 1. The van der Waals surface area contributed by atoms with E-state index in [0.717, 1.165) is 41.0 Å². The Bertz CT molecular complexity index is 920. The molecule has 1 aromatic rings. The third-order valence-electron chi connectivity index (χ3n) is 8.79. The normalized spacial score (nSPS) is 37.4. The van der Waals surface area contributed by atoms with Gasteiger partial charge in [-0.3, -0.25) is 4.79 Å². The van der Waals surface area contributed by atoms with Crippen molar-refractivity contribution in [2.24, 2.45) is 11.7 Å². The van der Waals surface area contributed by atoms with Gasteiger partial charge in [0.2, 0.25) is 0 Å². The third kappa shape index (κ3) is 3.01. The summed E-state index contributed by atoms with van der Waals surface area (Å²) in [7, 11) is 2.30. The van der Waals surface area contributed by atoms with Crippen molar-refractivity contribution in [1.82, 2.24) is 0 Å². The van der Waals surface area contributed by atoms with Crippen molar-refractivity contribution in [3.05, 3.63) is 28.8 Å². The zero-order valence-electron chi connectivity index (χ0n) is 17.7. The van der Waals surface area contributed by atoms with Crippen molar-refractivity contribution in [2.45, 2.75) is 68.4 Å². The molecular weight excluding hydrogens is 473 g/mol. The number of likely N-dealkylation sites (N-methyl/N-ethyl adjacent to an activating group) is 1. The van der Waals surface area contributed by atoms with Crippen LogP contribution in [0.3, 0.4) is 0 Å². The van der Waals surface area contributed by atoms with Gasteiger partial charge in [0.25, 0.3) is 0 Å². The molecule has 2 saturated carbocycles. The van der Waals surface area contributed by atoms with E-state index in [9.17, 15) is 15.0 Å². The van der Waals surface area contributed by atoms with Crippen LogP contribution >= 0.6 is 12.2 Å². The Morgan fingerprint density at radius 3 is 2.70 bits per heavy atom. The van der Waals surface area contributed by atoms with E-state index in [-0.39, 0.29) is 55.3 Å². The number of nitrogens with zero attached hydrogens (tertiary/aromatic N) is 1. The number of phenols is 1. The zero-order valence-corrected chi connectivity index (χ0v) is 21.3. The fourth-order valence-corrected chi connectivity index (χ4v) is 7.27. The minimum absolute atomic E-state index is 0. The summed E-state index contributed by atoms with van der Waals surface area (Å²) in [4.78, 5) is 12.8. The minimum atomic E-state index is -0.989. The van der Waals surface area contributed by atoms with Crippen LogP contribution < -0.4 is 5.73 Å². The molecule has 1 aliphatic heterocycles. The smallest absolute Gasteiger partial charge is 0.134 e. The molecule has 1 radical (unpaired) electrons. The summed E-state index contributed by atoms with van der Waals surface area (Å²) in [5, 5.41) is 23.5. The molecule has 5 nitrogen and oxygen atoms in total. The molecule has 159 valence electrons. The maximum Gasteiger partial charge on any atom is 0.134 e. The van der Waals surface area contributed by atoms with Crippen molar-refractivity contribution in [1.29, 1.82) is 0 Å². The number of rotatable bonds is 3. The molecule has 7 heteroatoms. The quantitative estimate of drug-likeness (QED) is 0.435. The number of likely N-dealkylation sites (tertiary alicyclic amines) is 1. The number of nitrogens with two attached hydrogens (primary N) is 1. The molecule has 1 heterocycles. The fraction of sp³-hybridized carbons (Fsp3) is 0.652. The summed E-state index contributed by atoms with van der Waals surface area (Å²) in [6.45, 7) is 2.02. The monoisotopic (exact) mass is 504 g/mol. The van der Waals surface area contributed by atoms with Crippen molar-refractivity contribution in [3.8, 4) is 5.75 Å². The summed E-state index contributed by atoms with van der Waals surface area (Å²) in [6, 6.07) is 3.86. The standard InChI is InChI=1S/C23H30N2O3S.Y/c1-25(13-14-3-2-4-14)10-9-22-12-16(26)7-8-23(22,28)18(25)11-15-5-6-17(21(24)29)20(27)19(15)22;/h5-6,14,18,28H,2-4,7-13H2,1H3,(H2-,24,27,29);/p+1/t18-,22-,23-,25?;/m1./s1. The van der Waals surface area contributed by atoms with Crippen LogP contribution in [0.1, 0.15) is 61.6 Å². The molecule has 3 aliphatic carbocycles. The number of carbonyl (C=O) groups is 1. The molecule has 2 bridgehead atoms. The first-order chi connectivity index (χ1) is 13.7. The molecule has 1 unspecified atom stereocenters. The SMILES string of the molecule is C[N+]1(CC2CCC2)CC[C@]23CC(=O)CC[C@@]2(O)[C@H]1Cc1ccc(C(N)=S)c(O)c13.[Y]. The van der Waals surface area contributed by atoms with E-state index in [1.54, 1.807) is 6.07 Å². The molecule has 1 aromatic carbocycles. The molecule has 0 spiro atoms. The second-order valence-electron chi connectivity index (χ2n) is 10.2. The van der Waals surface area contributed by atoms with Gasteiger partial charge in [-0.2, -0.15) is 0 Å². The number of fused-ring (bicyclic) bond motifs is 1. The van der Waals surface area contributed by atoms with Crippen LogP contribution in [0.4, 0.5) is 0 Å². The van der Waals surface area contributed by atoms with E-state index >= 15 is 0 Å². The maximum atomic E-state index is 12.6. The number of aromatic hydroxyl groups is 1. The van der Waals surface area contributed by atoms with Crippen LogP contribution in [0.25, 0.3) is 0 Å². The van der Waals surface area contributed by atoms with Gasteiger partial charge >= 0.3 is 0 Å². The Labute approximate surface area is 208 Å². The second kappa shape index (κ2) is 7.59. The topological polar surface area (TPSA) is 83.5 Å². The van der Waals surface area contributed by atoms with Crippen molar-refractivity contribution in [2.75, 3.05) is 20.1 Å². The average Bonchev–Trinajstić information content (AvgIpc) is 2.62. The number of aliphatic hydroxyl groups is 1. The first kappa shape index (κ1) is 22.8. The Balaban J connectivity index is 0.00000218. The van der Waals surface area contributed by atoms with Crippen LogP contribution in [-0.4, -0.2) is 57.2 Å². The van der Waals surface area contributed by atoms with Crippen LogP contribution in [-0.2, 0) is 49.3 Å². The Morgan fingerprint density at radius 1 is 1.33 bits per heavy atom. The number of quaternary nitrogens is 1.